The molecule has 3 rings (SSSR count). The number of aromatic hydroxyl groups is 2. The lowest BCUT2D eigenvalue weighted by molar-refractivity contribution is 0.0844. The molecule has 0 saturated carbocycles. The summed E-state index contributed by atoms with van der Waals surface area (Å²) in [4.78, 5) is 12.3. The zero-order valence-electron chi connectivity index (χ0n) is 11.4. The van der Waals surface area contributed by atoms with Crippen LogP contribution < -0.4 is 9.47 Å². The predicted octanol–water partition coefficient (Wildman–Crippen LogP) is 2.81. The Morgan fingerprint density at radius 1 is 1.14 bits per heavy atom. The number of carbonyl (C=O) groups is 1. The fourth-order valence-electron chi connectivity index (χ4n) is 2.45. The number of rotatable bonds is 2. The molecule has 0 aliphatic carbocycles. The molecule has 2 aromatic carbocycles. The van der Waals surface area contributed by atoms with Crippen LogP contribution in [0.5, 0.6) is 23.0 Å². The molecule has 0 fully saturated rings. The van der Waals surface area contributed by atoms with Crippen molar-refractivity contribution < 1.29 is 24.5 Å². The first kappa shape index (κ1) is 13.3. The van der Waals surface area contributed by atoms with Gasteiger partial charge in [-0.25, -0.2) is 0 Å². The van der Waals surface area contributed by atoms with E-state index in [1.54, 1.807) is 24.3 Å². The first-order valence-corrected chi connectivity index (χ1v) is 6.48. The fraction of sp³-hybridized carbons (Fsp3) is 0.188. The van der Waals surface area contributed by atoms with Crippen molar-refractivity contribution in [2.24, 2.45) is 0 Å². The zero-order chi connectivity index (χ0) is 15.0. The van der Waals surface area contributed by atoms with E-state index in [2.05, 4.69) is 0 Å². The summed E-state index contributed by atoms with van der Waals surface area (Å²) in [7, 11) is 1.44. The summed E-state index contributed by atoms with van der Waals surface area (Å²) in [6.45, 7) is 0. The van der Waals surface area contributed by atoms with Crippen LogP contribution in [0.25, 0.3) is 0 Å². The first-order chi connectivity index (χ1) is 10.1. The van der Waals surface area contributed by atoms with E-state index in [0.717, 1.165) is 5.56 Å². The Kier molecular flexibility index (Phi) is 3.17. The number of fused-ring (bicyclic) bond motifs is 1. The van der Waals surface area contributed by atoms with Crippen LogP contribution in [0, 0.1) is 0 Å². The Hall–Kier alpha value is -2.69. The first-order valence-electron chi connectivity index (χ1n) is 6.48. The molecule has 0 spiro atoms. The molecule has 0 aromatic heterocycles. The van der Waals surface area contributed by atoms with Gasteiger partial charge in [0.1, 0.15) is 34.7 Å². The van der Waals surface area contributed by atoms with Crippen molar-refractivity contribution in [3.05, 3.63) is 47.5 Å². The number of phenols is 2. The number of phenolic OH excluding ortho intramolecular Hbond substituents is 2. The summed E-state index contributed by atoms with van der Waals surface area (Å²) in [6.07, 6.45) is -0.268. The van der Waals surface area contributed by atoms with Crippen LogP contribution in [0.15, 0.2) is 36.4 Å². The van der Waals surface area contributed by atoms with E-state index in [1.807, 2.05) is 0 Å². The highest BCUT2D eigenvalue weighted by Gasteiger charge is 2.31. The molecular formula is C16H14O5. The fourth-order valence-corrected chi connectivity index (χ4v) is 2.45. The Labute approximate surface area is 121 Å². The molecule has 0 unspecified atom stereocenters. The second kappa shape index (κ2) is 5.01. The standard InChI is InChI=1S/C16H14O5/c1-20-14-6-11(18)7-15-16(14)12(19)8-13(21-15)9-2-4-10(17)5-3-9/h2-7,13,17-18H,8H2,1H3/t13-/m1/s1. The molecule has 0 saturated heterocycles. The number of carbonyl (C=O) groups excluding carboxylic acids is 1. The third-order valence-electron chi connectivity index (χ3n) is 3.45. The number of Topliss-reactive ketones (excluding diaryl/α,β-unsaturated/α-hetero) is 1. The highest BCUT2D eigenvalue weighted by molar-refractivity contribution is 6.02. The molecule has 1 atom stereocenters. The maximum absolute atomic E-state index is 12.3. The monoisotopic (exact) mass is 286 g/mol. The summed E-state index contributed by atoms with van der Waals surface area (Å²) in [5.41, 5.74) is 1.14. The lowest BCUT2D eigenvalue weighted by Crippen LogP contribution is -2.21. The van der Waals surface area contributed by atoms with E-state index < -0.39 is 6.10 Å². The van der Waals surface area contributed by atoms with Crippen LogP contribution in [-0.4, -0.2) is 23.1 Å². The Balaban J connectivity index is 2.00. The van der Waals surface area contributed by atoms with Crippen molar-refractivity contribution in [3.8, 4) is 23.0 Å². The second-order valence-electron chi connectivity index (χ2n) is 4.85. The van der Waals surface area contributed by atoms with Crippen molar-refractivity contribution in [2.75, 3.05) is 7.11 Å². The van der Waals surface area contributed by atoms with Crippen molar-refractivity contribution in [3.63, 3.8) is 0 Å². The molecule has 108 valence electrons. The average Bonchev–Trinajstić information content (AvgIpc) is 2.46. The maximum Gasteiger partial charge on any atom is 0.174 e. The number of methoxy groups -OCH3 is 1. The smallest absolute Gasteiger partial charge is 0.174 e. The molecular weight excluding hydrogens is 272 g/mol. The van der Waals surface area contributed by atoms with E-state index in [4.69, 9.17) is 9.47 Å². The van der Waals surface area contributed by atoms with Gasteiger partial charge in [-0.2, -0.15) is 0 Å². The van der Waals surface area contributed by atoms with Crippen molar-refractivity contribution in [1.29, 1.82) is 0 Å². The normalized spacial score (nSPS) is 17.0. The SMILES string of the molecule is COc1cc(O)cc2c1C(=O)C[C@H](c1ccc(O)cc1)O2. The summed E-state index contributed by atoms with van der Waals surface area (Å²) in [6, 6.07) is 9.30. The van der Waals surface area contributed by atoms with Crippen LogP contribution in [-0.2, 0) is 0 Å². The van der Waals surface area contributed by atoms with E-state index in [9.17, 15) is 15.0 Å². The quantitative estimate of drug-likeness (QED) is 0.887. The molecule has 0 amide bonds. The molecule has 21 heavy (non-hydrogen) atoms. The number of ketones is 1. The second-order valence-corrected chi connectivity index (χ2v) is 4.85. The minimum atomic E-state index is -0.447. The summed E-state index contributed by atoms with van der Waals surface area (Å²) < 4.78 is 10.9. The van der Waals surface area contributed by atoms with E-state index in [-0.39, 0.29) is 23.7 Å². The van der Waals surface area contributed by atoms with Gasteiger partial charge in [0, 0.05) is 12.1 Å². The van der Waals surface area contributed by atoms with Crippen molar-refractivity contribution >= 4 is 5.78 Å². The van der Waals surface area contributed by atoms with Gasteiger partial charge >= 0.3 is 0 Å². The summed E-state index contributed by atoms with van der Waals surface area (Å²) in [5, 5.41) is 19.0. The van der Waals surface area contributed by atoms with Gasteiger partial charge in [-0.1, -0.05) is 12.1 Å². The van der Waals surface area contributed by atoms with Gasteiger partial charge in [-0.15, -0.1) is 0 Å². The van der Waals surface area contributed by atoms with Gasteiger partial charge in [0.25, 0.3) is 0 Å². The Bertz CT molecular complexity index is 691. The third-order valence-corrected chi connectivity index (χ3v) is 3.45. The predicted molar refractivity (Wildman–Crippen MR) is 75.1 cm³/mol. The third kappa shape index (κ3) is 2.38. The van der Waals surface area contributed by atoms with Crippen LogP contribution in [0.3, 0.4) is 0 Å². The van der Waals surface area contributed by atoms with Crippen LogP contribution in [0.1, 0.15) is 28.4 Å². The molecule has 5 nitrogen and oxygen atoms in total. The number of ether oxygens (including phenoxy) is 2. The van der Waals surface area contributed by atoms with Crippen molar-refractivity contribution in [1.82, 2.24) is 0 Å². The number of hydrogen-bond acceptors (Lipinski definition) is 5. The minimum absolute atomic E-state index is 0.0234. The van der Waals surface area contributed by atoms with E-state index >= 15 is 0 Å². The number of benzene rings is 2. The van der Waals surface area contributed by atoms with Gasteiger partial charge in [0.05, 0.1) is 13.5 Å². The van der Waals surface area contributed by atoms with Crippen molar-refractivity contribution in [2.45, 2.75) is 12.5 Å². The van der Waals surface area contributed by atoms with Crippen LogP contribution in [0.2, 0.25) is 0 Å². The van der Waals surface area contributed by atoms with Gasteiger partial charge in [0.2, 0.25) is 0 Å². The summed E-state index contributed by atoms with van der Waals surface area (Å²) in [5.74, 6) is 0.636. The van der Waals surface area contributed by atoms with E-state index in [1.165, 1.54) is 19.2 Å². The molecule has 1 aliphatic heterocycles. The Morgan fingerprint density at radius 3 is 2.52 bits per heavy atom. The lowest BCUT2D eigenvalue weighted by Gasteiger charge is -2.26. The van der Waals surface area contributed by atoms with Gasteiger partial charge < -0.3 is 19.7 Å². The molecule has 2 aromatic rings. The average molecular weight is 286 g/mol. The van der Waals surface area contributed by atoms with Gasteiger partial charge in [0.15, 0.2) is 5.78 Å². The molecule has 0 radical (unpaired) electrons. The highest BCUT2D eigenvalue weighted by atomic mass is 16.5. The maximum atomic E-state index is 12.3. The molecule has 0 bridgehead atoms. The topological polar surface area (TPSA) is 76.0 Å². The van der Waals surface area contributed by atoms with Gasteiger partial charge in [-0.05, 0) is 17.7 Å². The lowest BCUT2D eigenvalue weighted by atomic mass is 9.95. The zero-order valence-corrected chi connectivity index (χ0v) is 11.4. The number of hydrogen-bond donors (Lipinski definition) is 2. The molecule has 5 heteroatoms. The molecule has 1 heterocycles. The molecule has 1 aliphatic rings. The molecule has 2 N–H and O–H groups in total. The Morgan fingerprint density at radius 2 is 1.86 bits per heavy atom. The summed E-state index contributed by atoms with van der Waals surface area (Å²) >= 11 is 0. The minimum Gasteiger partial charge on any atom is -0.508 e. The largest absolute Gasteiger partial charge is 0.508 e. The van der Waals surface area contributed by atoms with Crippen LogP contribution in [0.4, 0.5) is 0 Å². The van der Waals surface area contributed by atoms with Gasteiger partial charge in [-0.3, -0.25) is 4.79 Å². The van der Waals surface area contributed by atoms with E-state index in [0.29, 0.717) is 17.1 Å². The van der Waals surface area contributed by atoms with Crippen LogP contribution >= 0.6 is 0 Å². The highest BCUT2D eigenvalue weighted by Crippen LogP contribution is 2.42.